The maximum absolute atomic E-state index is 12.7. The third-order valence-corrected chi connectivity index (χ3v) is 5.44. The number of piperidine rings is 2. The summed E-state index contributed by atoms with van der Waals surface area (Å²) >= 11 is 5.87. The highest BCUT2D eigenvalue weighted by Gasteiger charge is 2.31. The number of nitrogens with zero attached hydrogens (tertiary/aromatic N) is 2. The number of benzene rings is 1. The summed E-state index contributed by atoms with van der Waals surface area (Å²) in [4.78, 5) is 29.1. The van der Waals surface area contributed by atoms with E-state index in [2.05, 4.69) is 6.92 Å². The van der Waals surface area contributed by atoms with Crippen LogP contribution in [0.1, 0.15) is 43.0 Å². The predicted octanol–water partition coefficient (Wildman–Crippen LogP) is 3.45. The van der Waals surface area contributed by atoms with Crippen LogP contribution in [-0.2, 0) is 4.79 Å². The van der Waals surface area contributed by atoms with Gasteiger partial charge in [0.1, 0.15) is 0 Å². The second kappa shape index (κ2) is 7.56. The summed E-state index contributed by atoms with van der Waals surface area (Å²) in [6.45, 7) is 5.31. The topological polar surface area (TPSA) is 40.6 Å². The van der Waals surface area contributed by atoms with Gasteiger partial charge in [0, 0.05) is 42.7 Å². The molecule has 0 spiro atoms. The van der Waals surface area contributed by atoms with Crippen molar-refractivity contribution in [1.29, 1.82) is 0 Å². The molecule has 0 radical (unpaired) electrons. The smallest absolute Gasteiger partial charge is 0.253 e. The van der Waals surface area contributed by atoms with E-state index in [-0.39, 0.29) is 11.8 Å². The van der Waals surface area contributed by atoms with Gasteiger partial charge in [-0.15, -0.1) is 0 Å². The summed E-state index contributed by atoms with van der Waals surface area (Å²) in [5, 5.41) is 0.631. The number of likely N-dealkylation sites (tertiary alicyclic amines) is 2. The van der Waals surface area contributed by atoms with Crippen LogP contribution in [0.15, 0.2) is 24.3 Å². The standard InChI is InChI=1S/C19H25ClN2O2/c1-14-3-2-10-22(13-14)19(24)16-8-11-21(12-9-16)18(23)15-4-6-17(20)7-5-15/h4-7,14,16H,2-3,8-13H2,1H3/t14-/m1/s1. The van der Waals surface area contributed by atoms with E-state index >= 15 is 0 Å². The molecule has 2 aliphatic rings. The van der Waals surface area contributed by atoms with Gasteiger partial charge in [0.2, 0.25) is 5.91 Å². The Labute approximate surface area is 148 Å². The molecule has 3 rings (SSSR count). The van der Waals surface area contributed by atoms with Crippen molar-refractivity contribution in [3.8, 4) is 0 Å². The lowest BCUT2D eigenvalue weighted by molar-refractivity contribution is -0.138. The summed E-state index contributed by atoms with van der Waals surface area (Å²) in [6.07, 6.45) is 3.87. The summed E-state index contributed by atoms with van der Waals surface area (Å²) in [5.74, 6) is 1.00. The largest absolute Gasteiger partial charge is 0.342 e. The molecule has 130 valence electrons. The minimum Gasteiger partial charge on any atom is -0.342 e. The van der Waals surface area contributed by atoms with Crippen LogP contribution in [-0.4, -0.2) is 47.8 Å². The number of hydrogen-bond donors (Lipinski definition) is 0. The molecule has 1 aromatic rings. The van der Waals surface area contributed by atoms with E-state index in [4.69, 9.17) is 11.6 Å². The molecule has 2 amide bonds. The number of halogens is 1. The molecule has 1 aromatic carbocycles. The second-order valence-corrected chi connectivity index (χ2v) is 7.54. The third-order valence-electron chi connectivity index (χ3n) is 5.19. The fourth-order valence-electron chi connectivity index (χ4n) is 3.75. The molecule has 0 aliphatic carbocycles. The van der Waals surface area contributed by atoms with E-state index in [1.807, 2.05) is 9.80 Å². The molecule has 0 unspecified atom stereocenters. The lowest BCUT2D eigenvalue weighted by Gasteiger charge is -2.37. The first kappa shape index (κ1) is 17.3. The number of amides is 2. The van der Waals surface area contributed by atoms with Crippen LogP contribution in [0.4, 0.5) is 0 Å². The zero-order chi connectivity index (χ0) is 17.1. The average Bonchev–Trinajstić information content (AvgIpc) is 2.61. The fraction of sp³-hybridized carbons (Fsp3) is 0.579. The lowest BCUT2D eigenvalue weighted by Crippen LogP contribution is -2.47. The molecule has 0 bridgehead atoms. The van der Waals surface area contributed by atoms with E-state index in [0.29, 0.717) is 35.5 Å². The molecule has 0 aromatic heterocycles. The Bertz CT molecular complexity index is 594. The highest BCUT2D eigenvalue weighted by atomic mass is 35.5. The van der Waals surface area contributed by atoms with Gasteiger partial charge in [-0.2, -0.15) is 0 Å². The average molecular weight is 349 g/mol. The van der Waals surface area contributed by atoms with Crippen molar-refractivity contribution in [3.05, 3.63) is 34.9 Å². The number of carbonyl (C=O) groups excluding carboxylic acids is 2. The Morgan fingerprint density at radius 3 is 2.29 bits per heavy atom. The Balaban J connectivity index is 1.54. The molecule has 1 atom stereocenters. The van der Waals surface area contributed by atoms with Crippen LogP contribution in [0.2, 0.25) is 5.02 Å². The summed E-state index contributed by atoms with van der Waals surface area (Å²) in [6, 6.07) is 7.00. The van der Waals surface area contributed by atoms with Crippen molar-refractivity contribution < 1.29 is 9.59 Å². The Morgan fingerprint density at radius 2 is 1.67 bits per heavy atom. The Kier molecular flexibility index (Phi) is 5.44. The maximum Gasteiger partial charge on any atom is 0.253 e. The monoisotopic (exact) mass is 348 g/mol. The molecule has 2 fully saturated rings. The summed E-state index contributed by atoms with van der Waals surface area (Å²) in [5.41, 5.74) is 0.661. The van der Waals surface area contributed by atoms with Crippen LogP contribution < -0.4 is 0 Å². The summed E-state index contributed by atoms with van der Waals surface area (Å²) in [7, 11) is 0. The molecule has 24 heavy (non-hydrogen) atoms. The first-order valence-electron chi connectivity index (χ1n) is 8.88. The first-order valence-corrected chi connectivity index (χ1v) is 9.26. The molecular formula is C19H25ClN2O2. The van der Waals surface area contributed by atoms with Crippen LogP contribution in [0.25, 0.3) is 0 Å². The van der Waals surface area contributed by atoms with Gasteiger partial charge in [0.05, 0.1) is 0 Å². The quantitative estimate of drug-likeness (QED) is 0.821. The molecule has 4 nitrogen and oxygen atoms in total. The molecule has 2 saturated heterocycles. The van der Waals surface area contributed by atoms with Gasteiger partial charge in [-0.05, 0) is 55.9 Å². The summed E-state index contributed by atoms with van der Waals surface area (Å²) < 4.78 is 0. The van der Waals surface area contributed by atoms with Crippen LogP contribution in [0.3, 0.4) is 0 Å². The zero-order valence-corrected chi connectivity index (χ0v) is 15.0. The SMILES string of the molecule is C[C@@H]1CCCN(C(=O)C2CCN(C(=O)c3ccc(Cl)cc3)CC2)C1. The van der Waals surface area contributed by atoms with Crippen LogP contribution >= 0.6 is 11.6 Å². The predicted molar refractivity (Wildman–Crippen MR) is 95.1 cm³/mol. The fourth-order valence-corrected chi connectivity index (χ4v) is 3.88. The van der Waals surface area contributed by atoms with Gasteiger partial charge in [-0.3, -0.25) is 9.59 Å². The van der Waals surface area contributed by atoms with Crippen molar-refractivity contribution in [3.63, 3.8) is 0 Å². The van der Waals surface area contributed by atoms with Crippen molar-refractivity contribution in [2.24, 2.45) is 11.8 Å². The van der Waals surface area contributed by atoms with Crippen molar-refractivity contribution in [2.45, 2.75) is 32.6 Å². The van der Waals surface area contributed by atoms with E-state index in [1.54, 1.807) is 24.3 Å². The van der Waals surface area contributed by atoms with Crippen molar-refractivity contribution in [2.75, 3.05) is 26.2 Å². The molecular weight excluding hydrogens is 324 g/mol. The molecule has 0 N–H and O–H groups in total. The van der Waals surface area contributed by atoms with E-state index in [0.717, 1.165) is 32.4 Å². The Morgan fingerprint density at radius 1 is 1.00 bits per heavy atom. The van der Waals surface area contributed by atoms with E-state index in [9.17, 15) is 9.59 Å². The maximum atomic E-state index is 12.7. The van der Waals surface area contributed by atoms with Gasteiger partial charge >= 0.3 is 0 Å². The lowest BCUT2D eigenvalue weighted by atomic mass is 9.92. The molecule has 2 aliphatic heterocycles. The second-order valence-electron chi connectivity index (χ2n) is 7.11. The molecule has 2 heterocycles. The highest BCUT2D eigenvalue weighted by Crippen LogP contribution is 2.24. The number of carbonyl (C=O) groups is 2. The number of rotatable bonds is 2. The van der Waals surface area contributed by atoms with Gasteiger partial charge in [0.15, 0.2) is 0 Å². The van der Waals surface area contributed by atoms with Crippen molar-refractivity contribution in [1.82, 2.24) is 9.80 Å². The normalized spacial score (nSPS) is 22.5. The van der Waals surface area contributed by atoms with Crippen LogP contribution in [0, 0.1) is 11.8 Å². The van der Waals surface area contributed by atoms with Gasteiger partial charge < -0.3 is 9.80 Å². The Hall–Kier alpha value is -1.55. The highest BCUT2D eigenvalue weighted by molar-refractivity contribution is 6.30. The third kappa shape index (κ3) is 3.92. The number of hydrogen-bond acceptors (Lipinski definition) is 2. The minimum absolute atomic E-state index is 0.0316. The molecule has 0 saturated carbocycles. The van der Waals surface area contributed by atoms with Gasteiger partial charge in [-0.25, -0.2) is 0 Å². The van der Waals surface area contributed by atoms with Gasteiger partial charge in [0.25, 0.3) is 5.91 Å². The molecule has 5 heteroatoms. The first-order chi connectivity index (χ1) is 11.5. The minimum atomic E-state index is 0.0316. The zero-order valence-electron chi connectivity index (χ0n) is 14.2. The van der Waals surface area contributed by atoms with E-state index < -0.39 is 0 Å². The van der Waals surface area contributed by atoms with Gasteiger partial charge in [-0.1, -0.05) is 18.5 Å². The van der Waals surface area contributed by atoms with Crippen molar-refractivity contribution >= 4 is 23.4 Å². The van der Waals surface area contributed by atoms with E-state index in [1.165, 1.54) is 6.42 Å². The van der Waals surface area contributed by atoms with Crippen LogP contribution in [0.5, 0.6) is 0 Å².